The Morgan fingerprint density at radius 1 is 1.08 bits per heavy atom. The monoisotopic (exact) mass is 356 g/mol. The van der Waals surface area contributed by atoms with Crippen LogP contribution in [0.25, 0.3) is 0 Å². The average molecular weight is 356 g/mol. The minimum absolute atomic E-state index is 0.299. The van der Waals surface area contributed by atoms with Gasteiger partial charge in [-0.2, -0.15) is 0 Å². The number of amides is 2. The Morgan fingerprint density at radius 2 is 1.73 bits per heavy atom. The summed E-state index contributed by atoms with van der Waals surface area (Å²) in [6, 6.07) is 7.44. The quantitative estimate of drug-likeness (QED) is 0.815. The summed E-state index contributed by atoms with van der Waals surface area (Å²) in [6.07, 6.45) is 6.18. The van der Waals surface area contributed by atoms with E-state index >= 15 is 0 Å². The molecule has 5 rings (SSSR count). The fourth-order valence-electron chi connectivity index (χ4n) is 5.89. The number of ether oxygens (including phenoxy) is 1. The Bertz CT molecular complexity index is 687. The topological polar surface area (TPSA) is 67.4 Å². The molecule has 4 bridgehead atoms. The van der Waals surface area contributed by atoms with E-state index in [1.165, 1.54) is 32.1 Å². The lowest BCUT2D eigenvalue weighted by Gasteiger charge is -2.60. The molecule has 0 atom stereocenters. The molecule has 140 valence electrons. The highest BCUT2D eigenvalue weighted by Gasteiger charge is 2.57. The van der Waals surface area contributed by atoms with Gasteiger partial charge in [0.25, 0.3) is 0 Å². The number of benzene rings is 1. The first-order valence-corrected chi connectivity index (χ1v) is 9.71. The Morgan fingerprint density at radius 3 is 2.31 bits per heavy atom. The van der Waals surface area contributed by atoms with Gasteiger partial charge in [0.05, 0.1) is 5.60 Å². The van der Waals surface area contributed by atoms with Gasteiger partial charge in [-0.3, -0.25) is 9.59 Å². The Labute approximate surface area is 154 Å². The van der Waals surface area contributed by atoms with Crippen molar-refractivity contribution in [3.8, 4) is 0 Å². The Balaban J connectivity index is 1.39. The summed E-state index contributed by atoms with van der Waals surface area (Å²) in [4.78, 5) is 24.6. The van der Waals surface area contributed by atoms with Gasteiger partial charge in [-0.1, -0.05) is 12.1 Å². The standard InChI is InChI=1S/C21H28N2O3/c1-13-4-3-5-18(6-13)23-20(25)19(24)22-12-21(26-2)16-8-14-7-15(10-16)11-17(21)9-14/h3-6,14-17H,7-12H2,1-2H3,(H,22,24)(H,23,25). The van der Waals surface area contributed by atoms with E-state index in [-0.39, 0.29) is 5.60 Å². The third-order valence-corrected chi connectivity index (χ3v) is 6.91. The second-order valence-electron chi connectivity index (χ2n) is 8.47. The first kappa shape index (κ1) is 17.5. The van der Waals surface area contributed by atoms with Gasteiger partial charge in [-0.25, -0.2) is 0 Å². The van der Waals surface area contributed by atoms with Gasteiger partial charge < -0.3 is 15.4 Å². The number of aryl methyl sites for hydroxylation is 1. The lowest BCUT2D eigenvalue weighted by atomic mass is 9.49. The van der Waals surface area contributed by atoms with Gasteiger partial charge in [0.15, 0.2) is 0 Å². The van der Waals surface area contributed by atoms with Gasteiger partial charge in [0, 0.05) is 19.3 Å². The molecular weight excluding hydrogens is 328 g/mol. The van der Waals surface area contributed by atoms with E-state index in [1.54, 1.807) is 13.2 Å². The normalized spacial score (nSPS) is 34.5. The summed E-state index contributed by atoms with van der Waals surface area (Å²) >= 11 is 0. The number of hydrogen-bond donors (Lipinski definition) is 2. The molecule has 2 N–H and O–H groups in total. The highest BCUT2D eigenvalue weighted by molar-refractivity contribution is 6.39. The molecule has 5 heteroatoms. The molecule has 4 saturated carbocycles. The Hall–Kier alpha value is -1.88. The second-order valence-corrected chi connectivity index (χ2v) is 8.47. The van der Waals surface area contributed by atoms with E-state index in [0.717, 1.165) is 17.4 Å². The summed E-state index contributed by atoms with van der Waals surface area (Å²) in [7, 11) is 1.77. The number of carbonyl (C=O) groups excluding carboxylic acids is 2. The molecule has 5 nitrogen and oxygen atoms in total. The molecular formula is C21H28N2O3. The van der Waals surface area contributed by atoms with E-state index in [0.29, 0.717) is 24.1 Å². The van der Waals surface area contributed by atoms with E-state index < -0.39 is 11.8 Å². The zero-order valence-electron chi connectivity index (χ0n) is 15.6. The number of nitrogens with one attached hydrogen (secondary N) is 2. The number of anilines is 1. The molecule has 0 aliphatic heterocycles. The fraction of sp³-hybridized carbons (Fsp3) is 0.619. The highest BCUT2D eigenvalue weighted by atomic mass is 16.5. The first-order chi connectivity index (χ1) is 12.5. The number of carbonyl (C=O) groups is 2. The second kappa shape index (κ2) is 6.69. The van der Waals surface area contributed by atoms with E-state index in [4.69, 9.17) is 4.74 Å². The average Bonchev–Trinajstić information content (AvgIpc) is 2.61. The number of rotatable bonds is 4. The number of methoxy groups -OCH3 is 1. The lowest BCUT2D eigenvalue weighted by Crippen LogP contribution is -2.63. The third kappa shape index (κ3) is 3.02. The van der Waals surface area contributed by atoms with Gasteiger partial charge in [-0.05, 0) is 80.4 Å². The van der Waals surface area contributed by atoms with Gasteiger partial charge in [0.1, 0.15) is 0 Å². The van der Waals surface area contributed by atoms with Crippen LogP contribution in [0.3, 0.4) is 0 Å². The molecule has 2 amide bonds. The van der Waals surface area contributed by atoms with Crippen molar-refractivity contribution in [2.45, 2.75) is 44.6 Å². The van der Waals surface area contributed by atoms with Crippen LogP contribution in [0, 0.1) is 30.6 Å². The van der Waals surface area contributed by atoms with Crippen molar-refractivity contribution < 1.29 is 14.3 Å². The smallest absolute Gasteiger partial charge is 0.313 e. The molecule has 1 aromatic rings. The van der Waals surface area contributed by atoms with E-state index in [9.17, 15) is 9.59 Å². The van der Waals surface area contributed by atoms with Gasteiger partial charge in [0.2, 0.25) is 0 Å². The van der Waals surface area contributed by atoms with Crippen LogP contribution in [0.2, 0.25) is 0 Å². The lowest BCUT2D eigenvalue weighted by molar-refractivity contribution is -0.188. The van der Waals surface area contributed by atoms with Gasteiger partial charge in [-0.15, -0.1) is 0 Å². The molecule has 0 radical (unpaired) electrons. The minimum atomic E-state index is -0.620. The van der Waals surface area contributed by atoms with Crippen molar-refractivity contribution in [2.24, 2.45) is 23.7 Å². The molecule has 4 aliphatic rings. The molecule has 0 heterocycles. The summed E-state index contributed by atoms with van der Waals surface area (Å²) in [6.45, 7) is 2.38. The van der Waals surface area contributed by atoms with Crippen LogP contribution in [0.4, 0.5) is 5.69 Å². The van der Waals surface area contributed by atoms with Crippen molar-refractivity contribution in [3.63, 3.8) is 0 Å². The van der Waals surface area contributed by atoms with Gasteiger partial charge >= 0.3 is 11.8 Å². The van der Waals surface area contributed by atoms with Crippen LogP contribution < -0.4 is 10.6 Å². The van der Waals surface area contributed by atoms with Crippen LogP contribution in [0.1, 0.15) is 37.7 Å². The third-order valence-electron chi connectivity index (χ3n) is 6.91. The maximum Gasteiger partial charge on any atom is 0.313 e. The zero-order chi connectivity index (χ0) is 18.3. The van der Waals surface area contributed by atoms with E-state index in [2.05, 4.69) is 10.6 Å². The molecule has 0 spiro atoms. The predicted octanol–water partition coefficient (Wildman–Crippen LogP) is 2.89. The summed E-state index contributed by atoms with van der Waals surface area (Å²) < 4.78 is 6.03. The first-order valence-electron chi connectivity index (χ1n) is 9.71. The van der Waals surface area contributed by atoms with Crippen molar-refractivity contribution in [2.75, 3.05) is 19.0 Å². The van der Waals surface area contributed by atoms with Crippen molar-refractivity contribution >= 4 is 17.5 Å². The zero-order valence-corrected chi connectivity index (χ0v) is 15.6. The predicted molar refractivity (Wildman–Crippen MR) is 99.6 cm³/mol. The van der Waals surface area contributed by atoms with Crippen LogP contribution >= 0.6 is 0 Å². The van der Waals surface area contributed by atoms with Crippen LogP contribution in [-0.2, 0) is 14.3 Å². The summed E-state index contributed by atoms with van der Waals surface area (Å²) in [5, 5.41) is 5.53. The van der Waals surface area contributed by atoms with Crippen LogP contribution in [0.15, 0.2) is 24.3 Å². The minimum Gasteiger partial charge on any atom is -0.376 e. The number of hydrogen-bond acceptors (Lipinski definition) is 3. The molecule has 0 aromatic heterocycles. The highest BCUT2D eigenvalue weighted by Crippen LogP contribution is 2.59. The maximum absolute atomic E-state index is 12.3. The fourth-order valence-corrected chi connectivity index (χ4v) is 5.89. The molecule has 0 saturated heterocycles. The van der Waals surface area contributed by atoms with Crippen molar-refractivity contribution in [3.05, 3.63) is 29.8 Å². The van der Waals surface area contributed by atoms with Crippen LogP contribution in [-0.4, -0.2) is 31.1 Å². The maximum atomic E-state index is 12.3. The molecule has 0 unspecified atom stereocenters. The van der Waals surface area contributed by atoms with Crippen molar-refractivity contribution in [1.29, 1.82) is 0 Å². The summed E-state index contributed by atoms with van der Waals surface area (Å²) in [5.74, 6) is 1.47. The molecule has 26 heavy (non-hydrogen) atoms. The summed E-state index contributed by atoms with van der Waals surface area (Å²) in [5.41, 5.74) is 1.38. The van der Waals surface area contributed by atoms with Crippen LogP contribution in [0.5, 0.6) is 0 Å². The van der Waals surface area contributed by atoms with E-state index in [1.807, 2.05) is 25.1 Å². The Kier molecular flexibility index (Phi) is 4.51. The SMILES string of the molecule is COC1(CNC(=O)C(=O)Nc2cccc(C)c2)C2CC3CC(C2)CC1C3. The molecule has 4 fully saturated rings. The molecule has 1 aromatic carbocycles. The van der Waals surface area contributed by atoms with Crippen molar-refractivity contribution in [1.82, 2.24) is 5.32 Å². The molecule has 4 aliphatic carbocycles. The largest absolute Gasteiger partial charge is 0.376 e.